The number of hydrogen-bond donors (Lipinski definition) is 0. The molecule has 4 aromatic carbocycles. The van der Waals surface area contributed by atoms with E-state index in [-0.39, 0.29) is 16.9 Å². The van der Waals surface area contributed by atoms with Gasteiger partial charge in [0.25, 0.3) is 0 Å². The smallest absolute Gasteiger partial charge is 0.375 e. The predicted molar refractivity (Wildman–Crippen MR) is 163 cm³/mol. The van der Waals surface area contributed by atoms with E-state index < -0.39 is 28.5 Å². The van der Waals surface area contributed by atoms with E-state index in [1.165, 1.54) is 6.07 Å². The molecule has 9 heteroatoms. The van der Waals surface area contributed by atoms with Crippen molar-refractivity contribution < 1.29 is 30.3 Å². The molecule has 0 heterocycles. The quantitative estimate of drug-likeness (QED) is 0.123. The Labute approximate surface area is 244 Å². The minimum absolute atomic E-state index is 0.0208. The van der Waals surface area contributed by atoms with Crippen LogP contribution in [0.5, 0.6) is 5.75 Å². The van der Waals surface area contributed by atoms with Gasteiger partial charge in [0.15, 0.2) is 5.75 Å². The molecule has 2 aliphatic carbocycles. The highest BCUT2D eigenvalue weighted by Gasteiger charge is 2.49. The van der Waals surface area contributed by atoms with E-state index in [1.54, 1.807) is 18.2 Å². The molecule has 0 aliphatic heterocycles. The molecule has 0 aromatic heterocycles. The summed E-state index contributed by atoms with van der Waals surface area (Å²) in [6.07, 6.45) is 9.58. The summed E-state index contributed by atoms with van der Waals surface area (Å²) < 4.78 is 86.4. The highest BCUT2D eigenvalue weighted by atomic mass is 32.2. The third-order valence-corrected chi connectivity index (χ3v) is 14.4. The molecule has 0 N–H and O–H groups in total. The summed E-state index contributed by atoms with van der Waals surface area (Å²) in [5.74, 6) is -0.414. The standard InChI is InChI=1S/C33H34F3O4PS/c34-33(35,36)42(38,39)40-29-21-19-23-11-7-9-17-27(23)31(29)32-28-18-10-8-12-24(28)20-22-30(32)41(37,25-13-3-1-4-14-25)26-15-5-2-6-16-26/h7-12,17-22,25-26H,1-6,13-16H2. The van der Waals surface area contributed by atoms with Crippen molar-refractivity contribution >= 4 is 44.1 Å². The monoisotopic (exact) mass is 614 g/mol. The van der Waals surface area contributed by atoms with E-state index in [0.29, 0.717) is 27.0 Å². The number of hydrogen-bond acceptors (Lipinski definition) is 4. The largest absolute Gasteiger partial charge is 0.534 e. The van der Waals surface area contributed by atoms with Crippen molar-refractivity contribution in [3.63, 3.8) is 0 Å². The molecule has 2 aliphatic rings. The van der Waals surface area contributed by atoms with E-state index in [9.17, 15) is 21.6 Å². The van der Waals surface area contributed by atoms with Gasteiger partial charge in [-0.3, -0.25) is 0 Å². The first kappa shape index (κ1) is 29.3. The van der Waals surface area contributed by atoms with Gasteiger partial charge in [-0.15, -0.1) is 0 Å². The number of benzene rings is 4. The van der Waals surface area contributed by atoms with Crippen molar-refractivity contribution in [3.05, 3.63) is 72.8 Å². The number of halogens is 3. The van der Waals surface area contributed by atoms with Crippen LogP contribution in [0, 0.1) is 0 Å². The second kappa shape index (κ2) is 11.3. The highest BCUT2D eigenvalue weighted by molar-refractivity contribution is 7.88. The first-order valence-electron chi connectivity index (χ1n) is 14.8. The van der Waals surface area contributed by atoms with Crippen LogP contribution >= 0.6 is 7.14 Å². The molecule has 0 unspecified atom stereocenters. The molecule has 0 spiro atoms. The Balaban J connectivity index is 1.71. The molecular weight excluding hydrogens is 580 g/mol. The van der Waals surface area contributed by atoms with Crippen LogP contribution in [-0.2, 0) is 14.7 Å². The lowest BCUT2D eigenvalue weighted by Gasteiger charge is -2.39. The molecule has 6 rings (SSSR count). The lowest BCUT2D eigenvalue weighted by molar-refractivity contribution is -0.0499. The van der Waals surface area contributed by atoms with Gasteiger partial charge in [-0.25, -0.2) is 0 Å². The van der Waals surface area contributed by atoms with Gasteiger partial charge in [-0.2, -0.15) is 21.6 Å². The molecule has 4 nitrogen and oxygen atoms in total. The van der Waals surface area contributed by atoms with Crippen molar-refractivity contribution in [2.45, 2.75) is 81.0 Å². The molecule has 0 atom stereocenters. The normalized spacial score (nSPS) is 18.0. The van der Waals surface area contributed by atoms with Gasteiger partial charge < -0.3 is 8.75 Å². The summed E-state index contributed by atoms with van der Waals surface area (Å²) in [6.45, 7) is 0. The molecule has 2 fully saturated rings. The Hall–Kier alpha value is -2.83. The highest BCUT2D eigenvalue weighted by Crippen LogP contribution is 2.64. The Morgan fingerprint density at radius 3 is 1.64 bits per heavy atom. The van der Waals surface area contributed by atoms with Crippen LogP contribution in [0.25, 0.3) is 32.7 Å². The van der Waals surface area contributed by atoms with E-state index in [2.05, 4.69) is 0 Å². The molecule has 222 valence electrons. The van der Waals surface area contributed by atoms with Gasteiger partial charge in [0.2, 0.25) is 0 Å². The van der Waals surface area contributed by atoms with Gasteiger partial charge in [0.05, 0.1) is 0 Å². The van der Waals surface area contributed by atoms with Gasteiger partial charge >= 0.3 is 15.6 Å². The summed E-state index contributed by atoms with van der Waals surface area (Å²) >= 11 is 0. The molecule has 0 amide bonds. The zero-order valence-electron chi connectivity index (χ0n) is 23.3. The van der Waals surface area contributed by atoms with Crippen molar-refractivity contribution in [2.24, 2.45) is 0 Å². The van der Waals surface area contributed by atoms with E-state index in [4.69, 9.17) is 4.18 Å². The third-order valence-electron chi connectivity index (χ3n) is 9.14. The Kier molecular flexibility index (Phi) is 7.90. The van der Waals surface area contributed by atoms with Crippen LogP contribution in [-0.4, -0.2) is 25.2 Å². The van der Waals surface area contributed by atoms with Crippen LogP contribution in [0.1, 0.15) is 64.2 Å². The Morgan fingerprint density at radius 2 is 1.12 bits per heavy atom. The van der Waals surface area contributed by atoms with Crippen LogP contribution in [0.3, 0.4) is 0 Å². The van der Waals surface area contributed by atoms with E-state index in [1.807, 2.05) is 48.5 Å². The fraction of sp³-hybridized carbons (Fsp3) is 0.394. The SMILES string of the molecule is O=P(c1ccc2ccccc2c1-c1c(OS(=O)(=O)C(F)(F)F)ccc2ccccc12)(C1CCCCC1)C1CCCCC1. The molecule has 0 radical (unpaired) electrons. The fourth-order valence-electron chi connectivity index (χ4n) is 7.18. The van der Waals surface area contributed by atoms with Crippen LogP contribution in [0.15, 0.2) is 72.8 Å². The third kappa shape index (κ3) is 5.15. The average molecular weight is 615 g/mol. The molecule has 0 saturated heterocycles. The topological polar surface area (TPSA) is 60.4 Å². The van der Waals surface area contributed by atoms with Crippen molar-refractivity contribution in [3.8, 4) is 16.9 Å². The first-order valence-corrected chi connectivity index (χ1v) is 18.0. The Bertz CT molecular complexity index is 1750. The predicted octanol–water partition coefficient (Wildman–Crippen LogP) is 9.54. The minimum atomic E-state index is -5.96. The fourth-order valence-corrected chi connectivity index (χ4v) is 12.2. The zero-order valence-corrected chi connectivity index (χ0v) is 25.0. The van der Waals surface area contributed by atoms with Crippen LogP contribution < -0.4 is 9.49 Å². The summed E-state index contributed by atoms with van der Waals surface area (Å²) in [6, 6.07) is 21.4. The zero-order chi connectivity index (χ0) is 29.5. The summed E-state index contributed by atoms with van der Waals surface area (Å²) in [4.78, 5) is 0. The van der Waals surface area contributed by atoms with Crippen molar-refractivity contribution in [2.75, 3.05) is 0 Å². The molecule has 42 heavy (non-hydrogen) atoms. The number of alkyl halides is 3. The average Bonchev–Trinajstić information content (AvgIpc) is 3.00. The lowest BCUT2D eigenvalue weighted by Crippen LogP contribution is -2.31. The molecule has 4 aromatic rings. The molecule has 2 saturated carbocycles. The lowest BCUT2D eigenvalue weighted by atomic mass is 9.93. The maximum Gasteiger partial charge on any atom is 0.534 e. The van der Waals surface area contributed by atoms with Crippen molar-refractivity contribution in [1.29, 1.82) is 0 Å². The van der Waals surface area contributed by atoms with Gasteiger partial charge in [-0.05, 0) is 53.3 Å². The molecular formula is C33H34F3O4PS. The van der Waals surface area contributed by atoms with Gasteiger partial charge in [0, 0.05) is 27.7 Å². The van der Waals surface area contributed by atoms with Gasteiger partial charge in [0.1, 0.15) is 7.14 Å². The van der Waals surface area contributed by atoms with Crippen LogP contribution in [0.2, 0.25) is 0 Å². The van der Waals surface area contributed by atoms with Crippen molar-refractivity contribution in [1.82, 2.24) is 0 Å². The number of fused-ring (bicyclic) bond motifs is 2. The first-order chi connectivity index (χ1) is 20.1. The summed E-state index contributed by atoms with van der Waals surface area (Å²) in [5, 5.41) is 3.45. The van der Waals surface area contributed by atoms with Crippen LogP contribution in [0.4, 0.5) is 13.2 Å². The molecule has 0 bridgehead atoms. The van der Waals surface area contributed by atoms with E-state index >= 15 is 4.57 Å². The van der Waals surface area contributed by atoms with Gasteiger partial charge in [-0.1, -0.05) is 105 Å². The van der Waals surface area contributed by atoms with E-state index in [0.717, 1.165) is 69.6 Å². The summed E-state index contributed by atoms with van der Waals surface area (Å²) in [5.41, 5.74) is -4.88. The maximum atomic E-state index is 15.9. The summed E-state index contributed by atoms with van der Waals surface area (Å²) in [7, 11) is -9.10. The minimum Gasteiger partial charge on any atom is -0.375 e. The maximum absolute atomic E-state index is 15.9. The Morgan fingerprint density at radius 1 is 0.643 bits per heavy atom. The second-order valence-corrected chi connectivity index (χ2v) is 16.5. The second-order valence-electron chi connectivity index (χ2n) is 11.6. The number of rotatable bonds is 6.